The molecule has 0 aromatic heterocycles. The summed E-state index contributed by atoms with van der Waals surface area (Å²) >= 11 is 0. The Hall–Kier alpha value is -1.42. The highest BCUT2D eigenvalue weighted by Gasteiger charge is 2.60. The summed E-state index contributed by atoms with van der Waals surface area (Å²) in [6.07, 6.45) is 5.52. The minimum atomic E-state index is -0.304. The second kappa shape index (κ2) is 6.08. The Morgan fingerprint density at radius 3 is 2.76 bits per heavy atom. The standard InChI is InChI=1S/C22H27NO2/c24-20(13-16-6-7-17-4-1-2-5-19(17)12-16)14-23-15-22(10-3-11-25-22)21(23)18-8-9-18/h1-2,4-7,12,18,20-21,24H,3,8-11,13-15H2. The van der Waals surface area contributed by atoms with Crippen LogP contribution in [0, 0.1) is 5.92 Å². The van der Waals surface area contributed by atoms with Gasteiger partial charge in [-0.1, -0.05) is 42.5 Å². The molecule has 1 aliphatic carbocycles. The molecule has 2 heterocycles. The zero-order chi connectivity index (χ0) is 16.9. The smallest absolute Gasteiger partial charge is 0.0966 e. The molecule has 0 amide bonds. The zero-order valence-corrected chi connectivity index (χ0v) is 14.7. The van der Waals surface area contributed by atoms with Gasteiger partial charge in [0, 0.05) is 25.7 Å². The van der Waals surface area contributed by atoms with E-state index in [1.165, 1.54) is 42.0 Å². The number of aliphatic hydroxyl groups excluding tert-OH is 1. The normalized spacial score (nSPS) is 30.7. The van der Waals surface area contributed by atoms with E-state index in [1.54, 1.807) is 0 Å². The molecular formula is C22H27NO2. The lowest BCUT2D eigenvalue weighted by molar-refractivity contribution is -0.175. The van der Waals surface area contributed by atoms with Crippen molar-refractivity contribution in [3.8, 4) is 0 Å². The van der Waals surface area contributed by atoms with Crippen LogP contribution >= 0.6 is 0 Å². The number of rotatable bonds is 5. The second-order valence-electron chi connectivity index (χ2n) is 8.27. The number of aliphatic hydroxyl groups is 1. The second-order valence-corrected chi connectivity index (χ2v) is 8.27. The van der Waals surface area contributed by atoms with Crippen molar-refractivity contribution >= 4 is 10.8 Å². The van der Waals surface area contributed by atoms with Crippen LogP contribution in [-0.4, -0.2) is 47.4 Å². The molecule has 2 aromatic rings. The lowest BCUT2D eigenvalue weighted by Crippen LogP contribution is -2.71. The molecule has 3 aliphatic rings. The van der Waals surface area contributed by atoms with E-state index in [0.717, 1.165) is 32.0 Å². The van der Waals surface area contributed by atoms with Gasteiger partial charge < -0.3 is 9.84 Å². The summed E-state index contributed by atoms with van der Waals surface area (Å²) in [5, 5.41) is 13.2. The maximum Gasteiger partial charge on any atom is 0.0966 e. The minimum absolute atomic E-state index is 0.129. The Balaban J connectivity index is 1.25. The van der Waals surface area contributed by atoms with Crippen LogP contribution < -0.4 is 0 Å². The number of β-amino-alcohol motifs (C(OH)–C–C–N with tert-alkyl or cyclic N) is 1. The van der Waals surface area contributed by atoms with Crippen molar-refractivity contribution in [3.05, 3.63) is 48.0 Å². The van der Waals surface area contributed by atoms with Crippen LogP contribution in [0.3, 0.4) is 0 Å². The molecule has 25 heavy (non-hydrogen) atoms. The van der Waals surface area contributed by atoms with E-state index in [0.29, 0.717) is 6.04 Å². The fraction of sp³-hybridized carbons (Fsp3) is 0.545. The van der Waals surface area contributed by atoms with E-state index in [9.17, 15) is 5.11 Å². The van der Waals surface area contributed by atoms with Crippen LogP contribution in [0.25, 0.3) is 10.8 Å². The first-order valence-electron chi connectivity index (χ1n) is 9.77. The molecule has 0 bridgehead atoms. The predicted octanol–water partition coefficient (Wildman–Crippen LogP) is 3.39. The molecule has 5 rings (SSSR count). The summed E-state index contributed by atoms with van der Waals surface area (Å²) in [5.41, 5.74) is 1.35. The van der Waals surface area contributed by atoms with Gasteiger partial charge >= 0.3 is 0 Å². The van der Waals surface area contributed by atoms with Crippen LogP contribution in [0.2, 0.25) is 0 Å². The van der Waals surface area contributed by atoms with E-state index in [1.807, 2.05) is 0 Å². The van der Waals surface area contributed by atoms with E-state index in [2.05, 4.69) is 47.4 Å². The molecule has 2 saturated heterocycles. The molecule has 3 nitrogen and oxygen atoms in total. The highest BCUT2D eigenvalue weighted by Crippen LogP contribution is 2.51. The monoisotopic (exact) mass is 337 g/mol. The first-order chi connectivity index (χ1) is 12.2. The number of nitrogens with zero attached hydrogens (tertiary/aromatic N) is 1. The minimum Gasteiger partial charge on any atom is -0.391 e. The largest absolute Gasteiger partial charge is 0.391 e. The first-order valence-corrected chi connectivity index (χ1v) is 9.77. The summed E-state index contributed by atoms with van der Waals surface area (Å²) in [7, 11) is 0. The number of fused-ring (bicyclic) bond motifs is 1. The van der Waals surface area contributed by atoms with E-state index < -0.39 is 0 Å². The summed E-state index contributed by atoms with van der Waals surface area (Å²) < 4.78 is 6.15. The number of likely N-dealkylation sites (tertiary alicyclic amines) is 1. The van der Waals surface area contributed by atoms with Gasteiger partial charge in [-0.3, -0.25) is 4.90 Å². The van der Waals surface area contributed by atoms with Crippen LogP contribution in [-0.2, 0) is 11.2 Å². The summed E-state index contributed by atoms with van der Waals surface area (Å²) in [6.45, 7) is 2.72. The van der Waals surface area contributed by atoms with E-state index in [4.69, 9.17) is 4.74 Å². The molecular weight excluding hydrogens is 310 g/mol. The van der Waals surface area contributed by atoms with Crippen molar-refractivity contribution < 1.29 is 9.84 Å². The maximum absolute atomic E-state index is 10.7. The van der Waals surface area contributed by atoms with Gasteiger partial charge in [-0.15, -0.1) is 0 Å². The van der Waals surface area contributed by atoms with Crippen LogP contribution in [0.1, 0.15) is 31.2 Å². The molecule has 3 heteroatoms. The van der Waals surface area contributed by atoms with Gasteiger partial charge in [0.1, 0.15) is 0 Å². The summed E-state index contributed by atoms with van der Waals surface area (Å²) in [6, 6.07) is 15.5. The molecule has 2 aliphatic heterocycles. The Labute approximate surface area is 149 Å². The van der Waals surface area contributed by atoms with E-state index >= 15 is 0 Å². The molecule has 2 aromatic carbocycles. The van der Waals surface area contributed by atoms with Crippen molar-refractivity contribution in [2.75, 3.05) is 19.7 Å². The topological polar surface area (TPSA) is 32.7 Å². The van der Waals surface area contributed by atoms with Crippen LogP contribution in [0.15, 0.2) is 42.5 Å². The fourth-order valence-corrected chi connectivity index (χ4v) is 5.12. The molecule has 1 N–H and O–H groups in total. The molecule has 3 atom stereocenters. The number of ether oxygens (including phenoxy) is 1. The lowest BCUT2D eigenvalue weighted by Gasteiger charge is -2.56. The Kier molecular flexibility index (Phi) is 3.85. The Bertz CT molecular complexity index is 763. The SMILES string of the molecule is OC(Cc1ccc2ccccc2c1)CN1CC2(CCCO2)C1C1CC1. The van der Waals surface area contributed by atoms with Gasteiger partial charge in [0.2, 0.25) is 0 Å². The van der Waals surface area contributed by atoms with Crippen molar-refractivity contribution in [2.45, 2.75) is 49.9 Å². The summed E-state index contributed by atoms with van der Waals surface area (Å²) in [5.74, 6) is 0.805. The van der Waals surface area contributed by atoms with Crippen molar-refractivity contribution in [3.63, 3.8) is 0 Å². The number of benzene rings is 2. The lowest BCUT2D eigenvalue weighted by atomic mass is 9.77. The van der Waals surface area contributed by atoms with Gasteiger partial charge in [-0.25, -0.2) is 0 Å². The predicted molar refractivity (Wildman–Crippen MR) is 99.7 cm³/mol. The van der Waals surface area contributed by atoms with Gasteiger partial charge in [0.15, 0.2) is 0 Å². The fourth-order valence-electron chi connectivity index (χ4n) is 5.12. The molecule has 132 valence electrons. The maximum atomic E-state index is 10.7. The van der Waals surface area contributed by atoms with Gasteiger partial charge in [-0.2, -0.15) is 0 Å². The van der Waals surface area contributed by atoms with Crippen molar-refractivity contribution in [1.29, 1.82) is 0 Å². The van der Waals surface area contributed by atoms with E-state index in [-0.39, 0.29) is 11.7 Å². The third-order valence-corrected chi connectivity index (χ3v) is 6.34. The van der Waals surface area contributed by atoms with Crippen molar-refractivity contribution in [1.82, 2.24) is 4.90 Å². The molecule has 1 saturated carbocycles. The molecule has 3 unspecified atom stereocenters. The third kappa shape index (κ3) is 2.88. The van der Waals surface area contributed by atoms with Gasteiger partial charge in [0.25, 0.3) is 0 Å². The van der Waals surface area contributed by atoms with Gasteiger partial charge in [-0.05, 0) is 54.4 Å². The third-order valence-electron chi connectivity index (χ3n) is 6.34. The average molecular weight is 337 g/mol. The van der Waals surface area contributed by atoms with Crippen molar-refractivity contribution in [2.24, 2.45) is 5.92 Å². The van der Waals surface area contributed by atoms with Crippen LogP contribution in [0.4, 0.5) is 0 Å². The highest BCUT2D eigenvalue weighted by atomic mass is 16.5. The Morgan fingerprint density at radius 2 is 2.00 bits per heavy atom. The number of hydrogen-bond acceptors (Lipinski definition) is 3. The molecule has 0 radical (unpaired) electrons. The quantitative estimate of drug-likeness (QED) is 0.908. The average Bonchev–Trinajstić information content (AvgIpc) is 3.28. The zero-order valence-electron chi connectivity index (χ0n) is 14.7. The highest BCUT2D eigenvalue weighted by molar-refractivity contribution is 5.82. The first kappa shape index (κ1) is 15.8. The number of hydrogen-bond donors (Lipinski definition) is 1. The van der Waals surface area contributed by atoms with Crippen LogP contribution in [0.5, 0.6) is 0 Å². The molecule has 1 spiro atoms. The summed E-state index contributed by atoms with van der Waals surface area (Å²) in [4.78, 5) is 2.49. The molecule has 3 fully saturated rings. The Morgan fingerprint density at radius 1 is 1.16 bits per heavy atom. The van der Waals surface area contributed by atoms with Gasteiger partial charge in [0.05, 0.1) is 11.7 Å².